The third kappa shape index (κ3) is 0.860. The highest BCUT2D eigenvalue weighted by molar-refractivity contribution is 5.47. The lowest BCUT2D eigenvalue weighted by Gasteiger charge is -1.90. The van der Waals surface area contributed by atoms with Gasteiger partial charge in [-0.1, -0.05) is 24.3 Å². The minimum Gasteiger partial charge on any atom is -0.103 e. The fourth-order valence-electron chi connectivity index (χ4n) is 1.24. The molecule has 0 spiro atoms. The van der Waals surface area contributed by atoms with E-state index in [0.29, 0.717) is 0 Å². The first-order chi connectivity index (χ1) is 4.90. The number of allylic oxidation sites excluding steroid dienone is 1. The van der Waals surface area contributed by atoms with Crippen LogP contribution in [0.3, 0.4) is 0 Å². The summed E-state index contributed by atoms with van der Waals surface area (Å²) in [5.41, 5.74) is 4.44. The fourth-order valence-corrected chi connectivity index (χ4v) is 1.24. The summed E-state index contributed by atoms with van der Waals surface area (Å²) in [6.07, 6.45) is 4.18. The molecule has 0 bridgehead atoms. The van der Waals surface area contributed by atoms with Crippen LogP contribution in [0.1, 0.15) is 16.7 Å². The number of fused-ring (bicyclic) bond motifs is 1. The summed E-state index contributed by atoms with van der Waals surface area (Å²) in [5, 5.41) is 0. The zero-order valence-corrected chi connectivity index (χ0v) is 5.93. The van der Waals surface area contributed by atoms with Crippen LogP contribution in [0.15, 0.2) is 30.9 Å². The Morgan fingerprint density at radius 3 is 3.00 bits per heavy atom. The largest absolute Gasteiger partial charge is 0.103 e. The first kappa shape index (κ1) is 5.72. The monoisotopic (exact) mass is 130 g/mol. The first-order valence-electron chi connectivity index (χ1n) is 3.62. The third-order valence-electron chi connectivity index (χ3n) is 1.91. The van der Waals surface area contributed by atoms with Crippen molar-refractivity contribution in [3.63, 3.8) is 0 Å². The Hall–Kier alpha value is -1.04. The van der Waals surface area contributed by atoms with Crippen molar-refractivity contribution in [2.24, 2.45) is 0 Å². The summed E-state index contributed by atoms with van der Waals surface area (Å²) in [6.45, 7) is 3.70. The second kappa shape index (κ2) is 1.98. The van der Waals surface area contributed by atoms with Gasteiger partial charge in [0, 0.05) is 0 Å². The van der Waals surface area contributed by atoms with Gasteiger partial charge < -0.3 is 0 Å². The lowest BCUT2D eigenvalue weighted by molar-refractivity contribution is 1.28. The standard InChI is InChI=1S/C10H10/c1-2-3-8-4-5-9-7-10(9)6-8/h2,4-6H,1,3,7H2. The van der Waals surface area contributed by atoms with Crippen LogP contribution in [0.25, 0.3) is 0 Å². The van der Waals surface area contributed by atoms with E-state index in [0.717, 1.165) is 6.42 Å². The topological polar surface area (TPSA) is 0 Å². The molecule has 0 unspecified atom stereocenters. The van der Waals surface area contributed by atoms with Gasteiger partial charge in [-0.3, -0.25) is 0 Å². The maximum absolute atomic E-state index is 3.70. The molecule has 0 saturated carbocycles. The smallest absolute Gasteiger partial charge is 0.00200 e. The van der Waals surface area contributed by atoms with Crippen molar-refractivity contribution in [3.8, 4) is 0 Å². The summed E-state index contributed by atoms with van der Waals surface area (Å²) in [7, 11) is 0. The van der Waals surface area contributed by atoms with Crippen molar-refractivity contribution in [1.82, 2.24) is 0 Å². The molecule has 1 aliphatic rings. The van der Waals surface area contributed by atoms with Crippen molar-refractivity contribution in [2.75, 3.05) is 0 Å². The molecular formula is C10H10. The molecule has 2 rings (SSSR count). The molecular weight excluding hydrogens is 120 g/mol. The van der Waals surface area contributed by atoms with Crippen LogP contribution in [0.5, 0.6) is 0 Å². The van der Waals surface area contributed by atoms with Gasteiger partial charge in [-0.25, -0.2) is 0 Å². The third-order valence-corrected chi connectivity index (χ3v) is 1.91. The molecule has 1 aromatic carbocycles. The molecule has 0 aliphatic heterocycles. The zero-order chi connectivity index (χ0) is 6.97. The molecule has 1 aromatic rings. The van der Waals surface area contributed by atoms with Crippen LogP contribution < -0.4 is 0 Å². The predicted octanol–water partition coefficient (Wildman–Crippen LogP) is 2.32. The lowest BCUT2D eigenvalue weighted by atomic mass is 10.2. The molecule has 0 radical (unpaired) electrons. The highest BCUT2D eigenvalue weighted by atomic mass is 14.2. The molecule has 1 aliphatic carbocycles. The average molecular weight is 130 g/mol. The Morgan fingerprint density at radius 2 is 2.30 bits per heavy atom. The second-order valence-corrected chi connectivity index (χ2v) is 2.77. The van der Waals surface area contributed by atoms with Gasteiger partial charge in [0.05, 0.1) is 0 Å². The minimum atomic E-state index is 1.01. The molecule has 50 valence electrons. The number of hydrogen-bond acceptors (Lipinski definition) is 0. The molecule has 0 heterocycles. The van der Waals surface area contributed by atoms with E-state index < -0.39 is 0 Å². The van der Waals surface area contributed by atoms with Crippen molar-refractivity contribution >= 4 is 0 Å². The molecule has 0 nitrogen and oxygen atoms in total. The summed E-state index contributed by atoms with van der Waals surface area (Å²) >= 11 is 0. The summed E-state index contributed by atoms with van der Waals surface area (Å²) < 4.78 is 0. The van der Waals surface area contributed by atoms with E-state index in [9.17, 15) is 0 Å². The van der Waals surface area contributed by atoms with Gasteiger partial charge in [0.1, 0.15) is 0 Å². The summed E-state index contributed by atoms with van der Waals surface area (Å²) in [5.74, 6) is 0. The van der Waals surface area contributed by atoms with Crippen LogP contribution in [0, 0.1) is 0 Å². The number of rotatable bonds is 2. The van der Waals surface area contributed by atoms with E-state index in [1.807, 2.05) is 6.08 Å². The van der Waals surface area contributed by atoms with Gasteiger partial charge in [0.15, 0.2) is 0 Å². The molecule has 0 saturated heterocycles. The lowest BCUT2D eigenvalue weighted by Crippen LogP contribution is -1.76. The Bertz CT molecular complexity index is 271. The SMILES string of the molecule is C=CCc1ccc2c(c1)C2. The van der Waals surface area contributed by atoms with E-state index in [2.05, 4.69) is 24.8 Å². The maximum Gasteiger partial charge on any atom is -0.00200 e. The van der Waals surface area contributed by atoms with Gasteiger partial charge in [0.2, 0.25) is 0 Å². The van der Waals surface area contributed by atoms with Crippen molar-refractivity contribution in [3.05, 3.63) is 47.5 Å². The van der Waals surface area contributed by atoms with Gasteiger partial charge in [-0.15, -0.1) is 6.58 Å². The minimum absolute atomic E-state index is 1.01. The van der Waals surface area contributed by atoms with Crippen molar-refractivity contribution in [2.45, 2.75) is 12.8 Å². The van der Waals surface area contributed by atoms with Gasteiger partial charge in [-0.05, 0) is 29.5 Å². The normalized spacial score (nSPS) is 12.4. The molecule has 0 atom stereocenters. The Kier molecular flexibility index (Phi) is 1.13. The van der Waals surface area contributed by atoms with E-state index in [1.54, 1.807) is 0 Å². The Balaban J connectivity index is 2.29. The van der Waals surface area contributed by atoms with Crippen LogP contribution in [0.2, 0.25) is 0 Å². The first-order valence-corrected chi connectivity index (χ1v) is 3.62. The molecule has 0 N–H and O–H groups in total. The number of benzene rings is 1. The van der Waals surface area contributed by atoms with E-state index in [4.69, 9.17) is 0 Å². The van der Waals surface area contributed by atoms with Crippen LogP contribution >= 0.6 is 0 Å². The van der Waals surface area contributed by atoms with Crippen molar-refractivity contribution in [1.29, 1.82) is 0 Å². The summed E-state index contributed by atoms with van der Waals surface area (Å²) in [6, 6.07) is 6.68. The van der Waals surface area contributed by atoms with Gasteiger partial charge >= 0.3 is 0 Å². The maximum atomic E-state index is 3.70. The zero-order valence-electron chi connectivity index (χ0n) is 5.93. The number of hydrogen-bond donors (Lipinski definition) is 0. The van der Waals surface area contributed by atoms with Crippen LogP contribution in [-0.4, -0.2) is 0 Å². The second-order valence-electron chi connectivity index (χ2n) is 2.77. The van der Waals surface area contributed by atoms with Gasteiger partial charge in [0.25, 0.3) is 0 Å². The van der Waals surface area contributed by atoms with E-state index in [1.165, 1.54) is 23.1 Å². The molecule has 0 fully saturated rings. The van der Waals surface area contributed by atoms with Crippen LogP contribution in [0.4, 0.5) is 0 Å². The van der Waals surface area contributed by atoms with E-state index in [-0.39, 0.29) is 0 Å². The highest BCUT2D eigenvalue weighted by Gasteiger charge is 2.14. The summed E-state index contributed by atoms with van der Waals surface area (Å²) in [4.78, 5) is 0. The highest BCUT2D eigenvalue weighted by Crippen LogP contribution is 2.28. The molecule has 0 aromatic heterocycles. The molecule has 10 heavy (non-hydrogen) atoms. The van der Waals surface area contributed by atoms with Gasteiger partial charge in [-0.2, -0.15) is 0 Å². The Morgan fingerprint density at radius 1 is 1.40 bits per heavy atom. The fraction of sp³-hybridized carbons (Fsp3) is 0.200. The van der Waals surface area contributed by atoms with Crippen LogP contribution in [-0.2, 0) is 12.8 Å². The molecule has 0 heteroatoms. The molecule has 0 amide bonds. The van der Waals surface area contributed by atoms with Crippen molar-refractivity contribution < 1.29 is 0 Å². The Labute approximate surface area is 61.2 Å². The van der Waals surface area contributed by atoms with E-state index >= 15 is 0 Å². The predicted molar refractivity (Wildman–Crippen MR) is 43.1 cm³/mol. The quantitative estimate of drug-likeness (QED) is 0.547. The average Bonchev–Trinajstić information content (AvgIpc) is 2.66.